The van der Waals surface area contributed by atoms with Crippen molar-refractivity contribution < 1.29 is 13.9 Å². The molecule has 100 valence electrons. The van der Waals surface area contributed by atoms with Gasteiger partial charge in [-0.2, -0.15) is 0 Å². The summed E-state index contributed by atoms with van der Waals surface area (Å²) in [6.45, 7) is 3.75. The Hall–Kier alpha value is -1.62. The summed E-state index contributed by atoms with van der Waals surface area (Å²) in [5.41, 5.74) is 0.957. The number of ether oxygens (including phenoxy) is 2. The van der Waals surface area contributed by atoms with E-state index in [0.29, 0.717) is 19.8 Å². The van der Waals surface area contributed by atoms with Gasteiger partial charge in [-0.25, -0.2) is 0 Å². The van der Waals surface area contributed by atoms with Crippen molar-refractivity contribution in [3.63, 3.8) is 0 Å². The van der Waals surface area contributed by atoms with Gasteiger partial charge in [0.1, 0.15) is 24.7 Å². The molecule has 1 aliphatic heterocycles. The average Bonchev–Trinajstić information content (AvgIpc) is 2.82. The maximum Gasteiger partial charge on any atom is 0.163 e. The lowest BCUT2D eigenvalue weighted by molar-refractivity contribution is 0.171. The molecule has 0 fully saturated rings. The zero-order valence-corrected chi connectivity index (χ0v) is 12.1. The van der Waals surface area contributed by atoms with Gasteiger partial charge in [0.2, 0.25) is 0 Å². The second-order valence-corrected chi connectivity index (χ2v) is 5.20. The third-order valence-corrected chi connectivity index (χ3v) is 3.54. The van der Waals surface area contributed by atoms with E-state index >= 15 is 0 Å². The second kappa shape index (κ2) is 5.17. The fourth-order valence-corrected chi connectivity index (χ4v) is 2.42. The van der Waals surface area contributed by atoms with E-state index in [1.807, 2.05) is 31.2 Å². The molecule has 1 aromatic heterocycles. The van der Waals surface area contributed by atoms with Crippen LogP contribution < -0.4 is 14.8 Å². The molecular formula is C14H14BrNO3. The minimum Gasteiger partial charge on any atom is -0.486 e. The number of nitrogens with one attached hydrogen (secondary N) is 1. The minimum atomic E-state index is 0.589. The Labute approximate surface area is 119 Å². The van der Waals surface area contributed by atoms with Crippen LogP contribution in [0.3, 0.4) is 0 Å². The Morgan fingerprint density at radius 3 is 2.58 bits per heavy atom. The molecule has 4 nitrogen and oxygen atoms in total. The molecule has 3 rings (SSSR count). The van der Waals surface area contributed by atoms with Crippen LogP contribution in [0.5, 0.6) is 11.5 Å². The monoisotopic (exact) mass is 323 g/mol. The maximum absolute atomic E-state index is 5.57. The number of aryl methyl sites for hydroxylation is 1. The lowest BCUT2D eigenvalue weighted by atomic mass is 10.2. The number of benzene rings is 1. The number of fused-ring (bicyclic) bond motifs is 1. The molecule has 5 heteroatoms. The molecule has 0 radical (unpaired) electrons. The Morgan fingerprint density at radius 2 is 1.89 bits per heavy atom. The van der Waals surface area contributed by atoms with Crippen molar-refractivity contribution in [1.82, 2.24) is 0 Å². The maximum atomic E-state index is 5.57. The van der Waals surface area contributed by atoms with Gasteiger partial charge in [-0.05, 0) is 35.0 Å². The number of anilines is 1. The van der Waals surface area contributed by atoms with Crippen molar-refractivity contribution in [2.45, 2.75) is 13.5 Å². The minimum absolute atomic E-state index is 0.589. The molecular weight excluding hydrogens is 310 g/mol. The number of halogens is 1. The largest absolute Gasteiger partial charge is 0.486 e. The molecule has 2 aromatic rings. The third-order valence-electron chi connectivity index (χ3n) is 2.88. The highest BCUT2D eigenvalue weighted by atomic mass is 79.9. The molecule has 2 heterocycles. The Bertz CT molecular complexity index is 594. The molecule has 0 atom stereocenters. The highest BCUT2D eigenvalue weighted by molar-refractivity contribution is 9.10. The molecule has 0 amide bonds. The summed E-state index contributed by atoms with van der Waals surface area (Å²) >= 11 is 3.53. The van der Waals surface area contributed by atoms with Crippen LogP contribution in [0.15, 0.2) is 33.2 Å². The molecule has 0 saturated heterocycles. The first-order valence-electron chi connectivity index (χ1n) is 6.11. The molecule has 1 aliphatic rings. The average molecular weight is 324 g/mol. The summed E-state index contributed by atoms with van der Waals surface area (Å²) < 4.78 is 17.6. The van der Waals surface area contributed by atoms with Gasteiger partial charge in [0.05, 0.1) is 12.2 Å². The first-order chi connectivity index (χ1) is 9.22. The smallest absolute Gasteiger partial charge is 0.163 e. The zero-order valence-electron chi connectivity index (χ0n) is 10.5. The van der Waals surface area contributed by atoms with Gasteiger partial charge in [-0.1, -0.05) is 0 Å². The summed E-state index contributed by atoms with van der Waals surface area (Å²) in [5, 5.41) is 3.32. The molecule has 0 aliphatic carbocycles. The SMILES string of the molecule is Cc1ccc(CNc2cc3c(cc2Br)OCCO3)o1. The summed E-state index contributed by atoms with van der Waals surface area (Å²) in [5.74, 6) is 3.36. The van der Waals surface area contributed by atoms with Crippen molar-refractivity contribution in [3.8, 4) is 11.5 Å². The summed E-state index contributed by atoms with van der Waals surface area (Å²) in [7, 11) is 0. The number of rotatable bonds is 3. The quantitative estimate of drug-likeness (QED) is 0.934. The second-order valence-electron chi connectivity index (χ2n) is 4.34. The highest BCUT2D eigenvalue weighted by Gasteiger charge is 2.14. The molecule has 0 spiro atoms. The highest BCUT2D eigenvalue weighted by Crippen LogP contribution is 2.38. The van der Waals surface area contributed by atoms with Crippen molar-refractivity contribution in [2.75, 3.05) is 18.5 Å². The van der Waals surface area contributed by atoms with E-state index in [2.05, 4.69) is 21.2 Å². The number of hydrogen-bond donors (Lipinski definition) is 1. The van der Waals surface area contributed by atoms with Crippen LogP contribution in [0.25, 0.3) is 0 Å². The van der Waals surface area contributed by atoms with Gasteiger partial charge in [-0.15, -0.1) is 0 Å². The van der Waals surface area contributed by atoms with Crippen molar-refractivity contribution in [1.29, 1.82) is 0 Å². The van der Waals surface area contributed by atoms with Gasteiger partial charge < -0.3 is 19.2 Å². The van der Waals surface area contributed by atoms with E-state index in [1.165, 1.54) is 0 Å². The topological polar surface area (TPSA) is 43.6 Å². The van der Waals surface area contributed by atoms with Crippen LogP contribution in [0, 0.1) is 6.92 Å². The third kappa shape index (κ3) is 2.71. The van der Waals surface area contributed by atoms with E-state index in [0.717, 1.165) is 33.2 Å². The fraction of sp³-hybridized carbons (Fsp3) is 0.286. The Balaban J connectivity index is 1.77. The van der Waals surface area contributed by atoms with Crippen LogP contribution in [-0.2, 0) is 6.54 Å². The Morgan fingerprint density at radius 1 is 1.16 bits per heavy atom. The molecule has 0 saturated carbocycles. The van der Waals surface area contributed by atoms with E-state index in [1.54, 1.807) is 0 Å². The summed E-state index contributed by atoms with van der Waals surface area (Å²) in [6, 6.07) is 7.78. The van der Waals surface area contributed by atoms with Gasteiger partial charge in [-0.3, -0.25) is 0 Å². The van der Waals surface area contributed by atoms with Crippen LogP contribution in [0.4, 0.5) is 5.69 Å². The summed E-state index contributed by atoms with van der Waals surface area (Å²) in [6.07, 6.45) is 0. The van der Waals surface area contributed by atoms with Crippen LogP contribution in [0.2, 0.25) is 0 Å². The number of furan rings is 1. The standard InChI is InChI=1S/C14H14BrNO3/c1-9-2-3-10(19-9)8-16-12-7-14-13(6-11(12)15)17-4-5-18-14/h2-3,6-7,16H,4-5,8H2,1H3. The lowest BCUT2D eigenvalue weighted by Crippen LogP contribution is -2.15. The van der Waals surface area contributed by atoms with E-state index < -0.39 is 0 Å². The first-order valence-corrected chi connectivity index (χ1v) is 6.90. The molecule has 1 N–H and O–H groups in total. The Kier molecular flexibility index (Phi) is 3.38. The van der Waals surface area contributed by atoms with Crippen LogP contribution >= 0.6 is 15.9 Å². The van der Waals surface area contributed by atoms with Crippen LogP contribution in [0.1, 0.15) is 11.5 Å². The van der Waals surface area contributed by atoms with Crippen molar-refractivity contribution in [3.05, 3.63) is 40.3 Å². The van der Waals surface area contributed by atoms with E-state index in [4.69, 9.17) is 13.9 Å². The predicted octanol–water partition coefficient (Wildman–Crippen LogP) is 3.73. The summed E-state index contributed by atoms with van der Waals surface area (Å²) in [4.78, 5) is 0. The fourth-order valence-electron chi connectivity index (χ4n) is 1.96. The normalized spacial score (nSPS) is 13.4. The molecule has 1 aromatic carbocycles. The van der Waals surface area contributed by atoms with Gasteiger partial charge in [0, 0.05) is 16.6 Å². The van der Waals surface area contributed by atoms with Gasteiger partial charge in [0.15, 0.2) is 11.5 Å². The van der Waals surface area contributed by atoms with E-state index in [-0.39, 0.29) is 0 Å². The number of hydrogen-bond acceptors (Lipinski definition) is 4. The van der Waals surface area contributed by atoms with E-state index in [9.17, 15) is 0 Å². The van der Waals surface area contributed by atoms with Crippen LogP contribution in [-0.4, -0.2) is 13.2 Å². The lowest BCUT2D eigenvalue weighted by Gasteiger charge is -2.20. The zero-order chi connectivity index (χ0) is 13.2. The van der Waals surface area contributed by atoms with Crippen molar-refractivity contribution >= 4 is 21.6 Å². The van der Waals surface area contributed by atoms with Gasteiger partial charge >= 0.3 is 0 Å². The molecule has 0 bridgehead atoms. The van der Waals surface area contributed by atoms with Gasteiger partial charge in [0.25, 0.3) is 0 Å². The predicted molar refractivity (Wildman–Crippen MR) is 75.9 cm³/mol. The van der Waals surface area contributed by atoms with Crippen molar-refractivity contribution in [2.24, 2.45) is 0 Å². The first kappa shape index (κ1) is 12.4. The molecule has 0 unspecified atom stereocenters. The molecule has 19 heavy (non-hydrogen) atoms.